The van der Waals surface area contributed by atoms with Gasteiger partial charge in [-0.15, -0.1) is 0 Å². The van der Waals surface area contributed by atoms with Crippen molar-refractivity contribution >= 4 is 21.8 Å². The first-order valence-electron chi connectivity index (χ1n) is 13.0. The van der Waals surface area contributed by atoms with Crippen LogP contribution in [-0.4, -0.2) is 61.3 Å². The van der Waals surface area contributed by atoms with E-state index in [1.54, 1.807) is 6.20 Å². The number of nitrogens with one attached hydrogen (secondary N) is 2. The molecule has 188 valence electrons. The smallest absolute Gasteiger partial charge is 0.138 e. The van der Waals surface area contributed by atoms with Crippen molar-refractivity contribution in [1.82, 2.24) is 35.0 Å². The predicted octanol–water partition coefficient (Wildman–Crippen LogP) is 5.70. The number of rotatable bonds is 7. The first kappa shape index (κ1) is 22.6. The van der Waals surface area contributed by atoms with Crippen LogP contribution in [-0.2, 0) is 0 Å². The zero-order valence-corrected chi connectivity index (χ0v) is 20.9. The lowest BCUT2D eigenvalue weighted by Gasteiger charge is -2.15. The van der Waals surface area contributed by atoms with Crippen molar-refractivity contribution in [2.45, 2.75) is 12.8 Å². The molecule has 6 aromatic rings. The normalized spacial score (nSPS) is 14.0. The molecular weight excluding hydrogens is 474 g/mol. The molecule has 0 atom stereocenters. The molecule has 0 radical (unpaired) electrons. The van der Waals surface area contributed by atoms with Gasteiger partial charge < -0.3 is 9.72 Å². The van der Waals surface area contributed by atoms with Crippen LogP contribution in [0.5, 0.6) is 5.75 Å². The van der Waals surface area contributed by atoms with E-state index in [9.17, 15) is 0 Å². The summed E-state index contributed by atoms with van der Waals surface area (Å²) in [5, 5.41) is 9.91. The van der Waals surface area contributed by atoms with E-state index in [1.807, 2.05) is 43.0 Å². The zero-order valence-electron chi connectivity index (χ0n) is 20.9. The highest BCUT2D eigenvalue weighted by Crippen LogP contribution is 2.34. The summed E-state index contributed by atoms with van der Waals surface area (Å²) in [5.41, 5.74) is 7.76. The average Bonchev–Trinajstić information content (AvgIpc) is 3.73. The average molecular weight is 502 g/mol. The Morgan fingerprint density at radius 2 is 1.74 bits per heavy atom. The number of nitrogens with zero attached hydrogens (tertiary/aromatic N) is 5. The predicted molar refractivity (Wildman–Crippen MR) is 149 cm³/mol. The van der Waals surface area contributed by atoms with Crippen molar-refractivity contribution in [3.63, 3.8) is 0 Å². The fraction of sp³-hybridized carbons (Fsp3) is 0.200. The van der Waals surface area contributed by atoms with Crippen molar-refractivity contribution in [3.8, 4) is 39.5 Å². The quantitative estimate of drug-likeness (QED) is 0.291. The molecule has 5 aromatic heterocycles. The van der Waals surface area contributed by atoms with Crippen LogP contribution in [0.3, 0.4) is 0 Å². The number of ether oxygens (including phenoxy) is 1. The maximum Gasteiger partial charge on any atom is 0.138 e. The first-order chi connectivity index (χ1) is 18.8. The van der Waals surface area contributed by atoms with Crippen molar-refractivity contribution < 1.29 is 4.74 Å². The van der Waals surface area contributed by atoms with E-state index in [4.69, 9.17) is 4.74 Å². The number of pyridine rings is 3. The Hall–Kier alpha value is -4.56. The largest absolute Gasteiger partial charge is 0.491 e. The second kappa shape index (κ2) is 9.72. The van der Waals surface area contributed by atoms with Gasteiger partial charge in [-0.3, -0.25) is 25.0 Å². The molecule has 0 saturated carbocycles. The van der Waals surface area contributed by atoms with Crippen molar-refractivity contribution in [2.75, 3.05) is 26.2 Å². The van der Waals surface area contributed by atoms with Crippen LogP contribution in [0.2, 0.25) is 0 Å². The van der Waals surface area contributed by atoms with E-state index >= 15 is 0 Å². The van der Waals surface area contributed by atoms with Gasteiger partial charge in [-0.25, -0.2) is 0 Å². The molecule has 1 saturated heterocycles. The molecule has 0 unspecified atom stereocenters. The fourth-order valence-electron chi connectivity index (χ4n) is 5.28. The molecule has 8 heteroatoms. The lowest BCUT2D eigenvalue weighted by molar-refractivity contribution is 0.237. The number of likely N-dealkylation sites (tertiary alicyclic amines) is 1. The SMILES string of the molecule is c1cc(-c2ccncc2)c2cc(-c3n[nH]c4cnc(-c5cncc(OCCN6CCCC6)c5)cc34)[nH]c2c1. The number of aromatic amines is 2. The molecule has 1 fully saturated rings. The Morgan fingerprint density at radius 3 is 2.63 bits per heavy atom. The molecule has 0 bridgehead atoms. The third-order valence-corrected chi connectivity index (χ3v) is 7.24. The van der Waals surface area contributed by atoms with E-state index < -0.39 is 0 Å². The molecule has 0 amide bonds. The van der Waals surface area contributed by atoms with Crippen LogP contribution < -0.4 is 4.74 Å². The minimum atomic E-state index is 0.658. The van der Waals surface area contributed by atoms with E-state index in [1.165, 1.54) is 25.9 Å². The lowest BCUT2D eigenvalue weighted by atomic mass is 10.0. The Balaban J connectivity index is 1.20. The number of hydrogen-bond acceptors (Lipinski definition) is 6. The molecule has 1 aliphatic rings. The highest BCUT2D eigenvalue weighted by Gasteiger charge is 2.15. The summed E-state index contributed by atoms with van der Waals surface area (Å²) < 4.78 is 6.02. The van der Waals surface area contributed by atoms with Gasteiger partial charge in [0.25, 0.3) is 0 Å². The Morgan fingerprint density at radius 1 is 0.842 bits per heavy atom. The third-order valence-electron chi connectivity index (χ3n) is 7.24. The maximum absolute atomic E-state index is 6.02. The lowest BCUT2D eigenvalue weighted by Crippen LogP contribution is -2.25. The number of benzene rings is 1. The van der Waals surface area contributed by atoms with Crippen LogP contribution in [0, 0.1) is 0 Å². The number of aromatic nitrogens is 6. The fourth-order valence-corrected chi connectivity index (χ4v) is 5.28. The summed E-state index contributed by atoms with van der Waals surface area (Å²) in [6, 6.07) is 16.6. The highest BCUT2D eigenvalue weighted by molar-refractivity contribution is 6.01. The zero-order chi connectivity index (χ0) is 25.3. The van der Waals surface area contributed by atoms with Gasteiger partial charge in [-0.05, 0) is 73.5 Å². The van der Waals surface area contributed by atoms with E-state index in [-0.39, 0.29) is 0 Å². The molecular formula is C30H27N7O. The van der Waals surface area contributed by atoms with Crippen LogP contribution in [0.1, 0.15) is 12.8 Å². The summed E-state index contributed by atoms with van der Waals surface area (Å²) in [4.78, 5) is 19.2. The molecule has 38 heavy (non-hydrogen) atoms. The standard InChI is InChI=1S/C30H27N7O/c1-2-11-37(10-1)12-13-38-22-14-21(17-32-18-22)27-16-25-29(19-33-27)35-36-30(25)28-15-24-23(4-3-5-26(24)34-28)20-6-8-31-9-7-20/h3-9,14-19,34H,1-2,10-13H2,(H,35,36). The van der Waals surface area contributed by atoms with Gasteiger partial charge in [0, 0.05) is 47.0 Å². The van der Waals surface area contributed by atoms with Crippen molar-refractivity contribution in [3.05, 3.63) is 79.5 Å². The number of hydrogen-bond donors (Lipinski definition) is 2. The van der Waals surface area contributed by atoms with Crippen LogP contribution in [0.25, 0.3) is 55.6 Å². The molecule has 1 aromatic carbocycles. The second-order valence-corrected chi connectivity index (χ2v) is 9.68. The first-order valence-corrected chi connectivity index (χ1v) is 13.0. The van der Waals surface area contributed by atoms with Crippen LogP contribution >= 0.6 is 0 Å². The molecule has 0 spiro atoms. The molecule has 7 rings (SSSR count). The minimum Gasteiger partial charge on any atom is -0.491 e. The van der Waals surface area contributed by atoms with E-state index in [0.29, 0.717) is 6.61 Å². The second-order valence-electron chi connectivity index (χ2n) is 9.68. The minimum absolute atomic E-state index is 0.658. The van der Waals surface area contributed by atoms with Gasteiger partial charge in [0.15, 0.2) is 0 Å². The van der Waals surface area contributed by atoms with Gasteiger partial charge in [0.1, 0.15) is 18.1 Å². The van der Waals surface area contributed by atoms with E-state index in [0.717, 1.165) is 67.9 Å². The summed E-state index contributed by atoms with van der Waals surface area (Å²) in [5.74, 6) is 0.760. The molecule has 2 N–H and O–H groups in total. The Kier molecular flexibility index (Phi) is 5.79. The monoisotopic (exact) mass is 501 g/mol. The number of fused-ring (bicyclic) bond motifs is 2. The van der Waals surface area contributed by atoms with Gasteiger partial charge in [0.05, 0.1) is 29.3 Å². The maximum atomic E-state index is 6.02. The summed E-state index contributed by atoms with van der Waals surface area (Å²) in [6.07, 6.45) is 11.6. The Bertz CT molecular complexity index is 1720. The highest BCUT2D eigenvalue weighted by atomic mass is 16.5. The van der Waals surface area contributed by atoms with Crippen molar-refractivity contribution in [1.29, 1.82) is 0 Å². The van der Waals surface area contributed by atoms with Gasteiger partial charge in [-0.1, -0.05) is 12.1 Å². The van der Waals surface area contributed by atoms with Crippen LogP contribution in [0.15, 0.2) is 79.5 Å². The number of H-pyrrole nitrogens is 2. The summed E-state index contributed by atoms with van der Waals surface area (Å²) in [7, 11) is 0. The van der Waals surface area contributed by atoms with Gasteiger partial charge in [-0.2, -0.15) is 5.10 Å². The molecule has 0 aliphatic carbocycles. The third kappa shape index (κ3) is 4.29. The topological polar surface area (TPSA) is 95.6 Å². The van der Waals surface area contributed by atoms with Gasteiger partial charge in [0.2, 0.25) is 0 Å². The molecule has 8 nitrogen and oxygen atoms in total. The molecule has 6 heterocycles. The van der Waals surface area contributed by atoms with Gasteiger partial charge >= 0.3 is 0 Å². The van der Waals surface area contributed by atoms with E-state index in [2.05, 4.69) is 65.4 Å². The summed E-state index contributed by atoms with van der Waals surface area (Å²) in [6.45, 7) is 3.94. The summed E-state index contributed by atoms with van der Waals surface area (Å²) >= 11 is 0. The van der Waals surface area contributed by atoms with Crippen LogP contribution in [0.4, 0.5) is 0 Å². The molecule has 1 aliphatic heterocycles. The van der Waals surface area contributed by atoms with Crippen molar-refractivity contribution in [2.24, 2.45) is 0 Å². The Labute approximate surface area is 219 Å².